The number of rotatable bonds is 3. The fourth-order valence-corrected chi connectivity index (χ4v) is 7.41. The third-order valence-corrected chi connectivity index (χ3v) is 9.57. The second-order valence-electron chi connectivity index (χ2n) is 12.2. The van der Waals surface area contributed by atoms with Gasteiger partial charge in [-0.25, -0.2) is 4.98 Å². The largest absolute Gasteiger partial charge is 0.456 e. The van der Waals surface area contributed by atoms with E-state index in [4.69, 9.17) is 21.0 Å². The van der Waals surface area contributed by atoms with Gasteiger partial charge in [-0.05, 0) is 96.1 Å². The lowest BCUT2D eigenvalue weighted by Crippen LogP contribution is -1.98. The van der Waals surface area contributed by atoms with Crippen LogP contribution in [0.2, 0.25) is 5.28 Å². The average Bonchev–Trinajstić information content (AvgIpc) is 3.53. The van der Waals surface area contributed by atoms with E-state index in [9.17, 15) is 0 Å². The number of benzene rings is 8. The topological polar surface area (TPSA) is 51.8 Å². The standard InChI is InChI=1S/C43H24ClN3O/c44-43-46-41(29-20-21-32-27(22-29)18-16-25-8-1-3-10-31(25)32)45-42(47-43)30-23-28-19-17-26-9-2-4-11-33(26)39(28)36(24-30)34-13-7-15-38-40(34)35-12-5-6-14-37(35)48-38/h1-24H. The molecule has 0 unspecified atom stereocenters. The highest BCUT2D eigenvalue weighted by Gasteiger charge is 2.19. The minimum atomic E-state index is 0.150. The van der Waals surface area contributed by atoms with Gasteiger partial charge in [0, 0.05) is 21.9 Å². The Labute approximate surface area is 279 Å². The number of para-hydroxylation sites is 1. The Bertz CT molecular complexity index is 2930. The first-order chi connectivity index (χ1) is 23.7. The van der Waals surface area contributed by atoms with E-state index >= 15 is 0 Å². The third kappa shape index (κ3) is 4.20. The lowest BCUT2D eigenvalue weighted by atomic mass is 9.90. The molecule has 224 valence electrons. The minimum Gasteiger partial charge on any atom is -0.456 e. The second kappa shape index (κ2) is 10.5. The number of halogens is 1. The van der Waals surface area contributed by atoms with E-state index in [1.54, 1.807) is 0 Å². The predicted octanol–water partition coefficient (Wildman–Crippen LogP) is 12.0. The molecule has 0 aliphatic rings. The summed E-state index contributed by atoms with van der Waals surface area (Å²) in [7, 11) is 0. The van der Waals surface area contributed by atoms with Gasteiger partial charge in [0.2, 0.25) is 5.28 Å². The highest BCUT2D eigenvalue weighted by Crippen LogP contribution is 2.43. The molecule has 0 radical (unpaired) electrons. The Morgan fingerprint density at radius 1 is 0.396 bits per heavy atom. The molecule has 0 fully saturated rings. The van der Waals surface area contributed by atoms with Crippen LogP contribution in [-0.4, -0.2) is 15.0 Å². The summed E-state index contributed by atoms with van der Waals surface area (Å²) in [6, 6.07) is 50.7. The average molecular weight is 634 g/mol. The van der Waals surface area contributed by atoms with Gasteiger partial charge >= 0.3 is 0 Å². The van der Waals surface area contributed by atoms with Crippen LogP contribution in [-0.2, 0) is 0 Å². The molecule has 10 rings (SSSR count). The zero-order valence-corrected chi connectivity index (χ0v) is 26.2. The van der Waals surface area contributed by atoms with Crippen molar-refractivity contribution in [3.8, 4) is 33.9 Å². The molecule has 2 aromatic heterocycles. The van der Waals surface area contributed by atoms with Gasteiger partial charge in [0.25, 0.3) is 0 Å². The van der Waals surface area contributed by atoms with Crippen LogP contribution in [0.1, 0.15) is 0 Å². The summed E-state index contributed by atoms with van der Waals surface area (Å²) in [5.41, 5.74) is 5.61. The summed E-state index contributed by atoms with van der Waals surface area (Å²) in [5.74, 6) is 1.05. The zero-order chi connectivity index (χ0) is 31.8. The van der Waals surface area contributed by atoms with E-state index < -0.39 is 0 Å². The van der Waals surface area contributed by atoms with Crippen LogP contribution in [0.5, 0.6) is 0 Å². The summed E-state index contributed by atoms with van der Waals surface area (Å²) >= 11 is 6.65. The molecule has 5 heteroatoms. The third-order valence-electron chi connectivity index (χ3n) is 9.40. The lowest BCUT2D eigenvalue weighted by Gasteiger charge is -2.14. The van der Waals surface area contributed by atoms with E-state index in [0.717, 1.165) is 60.4 Å². The zero-order valence-electron chi connectivity index (χ0n) is 25.5. The smallest absolute Gasteiger partial charge is 0.226 e. The predicted molar refractivity (Wildman–Crippen MR) is 198 cm³/mol. The van der Waals surface area contributed by atoms with Crippen molar-refractivity contribution in [1.82, 2.24) is 15.0 Å². The number of fused-ring (bicyclic) bond motifs is 9. The SMILES string of the molecule is Clc1nc(-c2ccc3c(ccc4ccccc43)c2)nc(-c2cc(-c3cccc4oc5ccccc5c34)c3c(ccc4ccccc43)c2)n1. The first-order valence-electron chi connectivity index (χ1n) is 15.9. The van der Waals surface area contributed by atoms with Gasteiger partial charge in [-0.2, -0.15) is 9.97 Å². The van der Waals surface area contributed by atoms with Crippen molar-refractivity contribution in [1.29, 1.82) is 0 Å². The van der Waals surface area contributed by atoms with Gasteiger partial charge < -0.3 is 4.42 Å². The van der Waals surface area contributed by atoms with Gasteiger partial charge in [-0.15, -0.1) is 0 Å². The van der Waals surface area contributed by atoms with Gasteiger partial charge in [0.1, 0.15) is 11.2 Å². The molecule has 0 amide bonds. The van der Waals surface area contributed by atoms with Crippen molar-refractivity contribution in [2.45, 2.75) is 0 Å². The number of hydrogen-bond donors (Lipinski definition) is 0. The van der Waals surface area contributed by atoms with Crippen LogP contribution < -0.4 is 0 Å². The molecule has 0 atom stereocenters. The first kappa shape index (κ1) is 27.1. The molecule has 10 aromatic rings. The molecule has 8 aromatic carbocycles. The molecule has 0 saturated carbocycles. The molecule has 2 heterocycles. The number of aromatic nitrogens is 3. The van der Waals surface area contributed by atoms with Crippen molar-refractivity contribution in [3.63, 3.8) is 0 Å². The number of nitrogens with zero attached hydrogens (tertiary/aromatic N) is 3. The van der Waals surface area contributed by atoms with Crippen molar-refractivity contribution < 1.29 is 4.42 Å². The highest BCUT2D eigenvalue weighted by molar-refractivity contribution is 6.28. The molecule has 0 aliphatic heterocycles. The molecule has 0 bridgehead atoms. The molecular formula is C43H24ClN3O. The maximum Gasteiger partial charge on any atom is 0.226 e. The second-order valence-corrected chi connectivity index (χ2v) is 12.5. The molecule has 0 spiro atoms. The van der Waals surface area contributed by atoms with Crippen molar-refractivity contribution in [2.24, 2.45) is 0 Å². The van der Waals surface area contributed by atoms with E-state index in [0.29, 0.717) is 11.6 Å². The van der Waals surface area contributed by atoms with Gasteiger partial charge in [0.15, 0.2) is 11.6 Å². The Hall–Kier alpha value is -6.10. The molecule has 0 N–H and O–H groups in total. The summed E-state index contributed by atoms with van der Waals surface area (Å²) in [6.07, 6.45) is 0. The number of furan rings is 1. The Kier molecular flexibility index (Phi) is 5.90. The van der Waals surface area contributed by atoms with Crippen LogP contribution in [0, 0.1) is 0 Å². The Balaban J connectivity index is 1.22. The quantitative estimate of drug-likeness (QED) is 0.182. The summed E-state index contributed by atoms with van der Waals surface area (Å²) in [4.78, 5) is 14.3. The van der Waals surface area contributed by atoms with Gasteiger partial charge in [0.05, 0.1) is 0 Å². The minimum absolute atomic E-state index is 0.150. The fourth-order valence-electron chi connectivity index (χ4n) is 7.25. The maximum atomic E-state index is 6.65. The Morgan fingerprint density at radius 3 is 1.88 bits per heavy atom. The summed E-state index contributed by atoms with van der Waals surface area (Å²) in [5, 5.41) is 11.6. The van der Waals surface area contributed by atoms with Crippen molar-refractivity contribution >= 4 is 76.6 Å². The van der Waals surface area contributed by atoms with E-state index in [1.807, 2.05) is 18.2 Å². The maximum absolute atomic E-state index is 6.65. The molecular weight excluding hydrogens is 610 g/mol. The molecule has 0 saturated heterocycles. The van der Waals surface area contributed by atoms with Gasteiger partial charge in [-0.3, -0.25) is 0 Å². The molecule has 48 heavy (non-hydrogen) atoms. The first-order valence-corrected chi connectivity index (χ1v) is 16.3. The fraction of sp³-hybridized carbons (Fsp3) is 0. The van der Waals surface area contributed by atoms with Crippen LogP contribution in [0.3, 0.4) is 0 Å². The lowest BCUT2D eigenvalue weighted by molar-refractivity contribution is 0.669. The summed E-state index contributed by atoms with van der Waals surface area (Å²) < 4.78 is 6.31. The van der Waals surface area contributed by atoms with Crippen molar-refractivity contribution in [2.75, 3.05) is 0 Å². The van der Waals surface area contributed by atoms with E-state index in [-0.39, 0.29) is 5.28 Å². The molecule has 0 aliphatic carbocycles. The van der Waals surface area contributed by atoms with E-state index in [2.05, 4.69) is 137 Å². The van der Waals surface area contributed by atoms with Crippen LogP contribution in [0.4, 0.5) is 0 Å². The summed E-state index contributed by atoms with van der Waals surface area (Å²) in [6.45, 7) is 0. The van der Waals surface area contributed by atoms with Crippen LogP contribution >= 0.6 is 11.6 Å². The number of hydrogen-bond acceptors (Lipinski definition) is 4. The Morgan fingerprint density at radius 2 is 1.02 bits per heavy atom. The van der Waals surface area contributed by atoms with Gasteiger partial charge in [-0.1, -0.05) is 115 Å². The monoisotopic (exact) mass is 633 g/mol. The van der Waals surface area contributed by atoms with E-state index in [1.165, 1.54) is 26.9 Å². The highest BCUT2D eigenvalue weighted by atomic mass is 35.5. The molecule has 4 nitrogen and oxygen atoms in total. The van der Waals surface area contributed by atoms with Crippen LogP contribution in [0.15, 0.2) is 150 Å². The van der Waals surface area contributed by atoms with Crippen molar-refractivity contribution in [3.05, 3.63) is 151 Å². The normalized spacial score (nSPS) is 11.9. The van der Waals surface area contributed by atoms with Crippen LogP contribution in [0.25, 0.3) is 98.9 Å².